The first kappa shape index (κ1) is 29.3. The number of halogens is 3. The number of para-hydroxylation sites is 1. The number of carbonyl (C=O) groups is 3. The number of aromatic nitrogens is 2. The predicted octanol–water partition coefficient (Wildman–Crippen LogP) is 4.55. The summed E-state index contributed by atoms with van der Waals surface area (Å²) in [6.07, 6.45) is -1.62. The van der Waals surface area contributed by atoms with Crippen molar-refractivity contribution in [1.29, 1.82) is 0 Å². The van der Waals surface area contributed by atoms with E-state index in [1.165, 1.54) is 17.9 Å². The Kier molecular flexibility index (Phi) is 7.17. The topological polar surface area (TPSA) is 90.0 Å². The molecule has 2 atom stereocenters. The van der Waals surface area contributed by atoms with Crippen LogP contribution in [0.5, 0.6) is 0 Å². The van der Waals surface area contributed by atoms with Gasteiger partial charge >= 0.3 is 6.18 Å². The molecule has 0 N–H and O–H groups in total. The third kappa shape index (κ3) is 5.07. The number of nitrogens with zero attached hydrogens (tertiary/aromatic N) is 6. The molecule has 0 radical (unpaired) electrons. The van der Waals surface area contributed by atoms with Crippen LogP contribution in [0.1, 0.15) is 40.1 Å². The fraction of sp³-hybridized carbons (Fsp3) is 0.344. The summed E-state index contributed by atoms with van der Waals surface area (Å²) in [4.78, 5) is 55.0. The van der Waals surface area contributed by atoms with Gasteiger partial charge in [-0.1, -0.05) is 18.7 Å². The van der Waals surface area contributed by atoms with Crippen LogP contribution in [-0.4, -0.2) is 52.2 Å². The Balaban J connectivity index is 1.39. The second-order valence-corrected chi connectivity index (χ2v) is 11.6. The van der Waals surface area contributed by atoms with Gasteiger partial charge in [-0.3, -0.25) is 24.3 Å². The maximum absolute atomic E-state index is 14.1. The molecule has 0 aliphatic carbocycles. The highest BCUT2D eigenvalue weighted by atomic mass is 19.4. The monoisotopic (exact) mass is 604 g/mol. The van der Waals surface area contributed by atoms with Crippen molar-refractivity contribution in [1.82, 2.24) is 14.9 Å². The van der Waals surface area contributed by atoms with Crippen molar-refractivity contribution in [2.75, 3.05) is 28.3 Å². The standard InChI is InChI=1S/C32H31F3N6O3/c1-5-27(42)39-15-21-10-20(13-36-24(21)17-39)14-40-16-22-11-28(43)41(26-12-23(32(33,34)35)9-19(3)37-26)30(22)31(44)38(4)25-8-6-7-18(2)29(25)40/h5-10,12-13,22,30H,1,11,14-17H2,2-4H3/t22-,30+/m1/s1. The molecule has 228 valence electrons. The second-order valence-electron chi connectivity index (χ2n) is 11.6. The van der Waals surface area contributed by atoms with E-state index in [1.807, 2.05) is 31.2 Å². The van der Waals surface area contributed by atoms with Gasteiger partial charge < -0.3 is 14.7 Å². The SMILES string of the molecule is C=CC(=O)N1Cc2cc(CN3C[C@H]4CC(=O)N(c5cc(C(F)(F)F)cc(C)n5)[C@@H]4C(=O)N(C)c4cccc(C)c43)cnc2C1. The Morgan fingerprint density at radius 3 is 2.64 bits per heavy atom. The van der Waals surface area contributed by atoms with E-state index in [0.717, 1.165) is 45.1 Å². The summed E-state index contributed by atoms with van der Waals surface area (Å²) in [5.74, 6) is -1.73. The Labute approximate surface area is 252 Å². The van der Waals surface area contributed by atoms with E-state index >= 15 is 0 Å². The minimum atomic E-state index is -4.64. The Bertz CT molecular complexity index is 1710. The van der Waals surface area contributed by atoms with Crippen LogP contribution in [-0.2, 0) is 40.2 Å². The molecule has 1 saturated heterocycles. The zero-order chi connectivity index (χ0) is 31.5. The highest BCUT2D eigenvalue weighted by Crippen LogP contribution is 2.42. The molecule has 3 aliphatic heterocycles. The summed E-state index contributed by atoms with van der Waals surface area (Å²) in [5, 5.41) is 0. The number of anilines is 3. The van der Waals surface area contributed by atoms with Gasteiger partial charge in [-0.2, -0.15) is 13.2 Å². The number of rotatable bonds is 4. The molecule has 0 spiro atoms. The van der Waals surface area contributed by atoms with Crippen molar-refractivity contribution >= 4 is 34.9 Å². The van der Waals surface area contributed by atoms with Crippen LogP contribution < -0.4 is 14.7 Å². The lowest BCUT2D eigenvalue weighted by molar-refractivity contribution is -0.137. The number of aryl methyl sites for hydroxylation is 2. The summed E-state index contributed by atoms with van der Waals surface area (Å²) < 4.78 is 41.1. The zero-order valence-electron chi connectivity index (χ0n) is 24.6. The van der Waals surface area contributed by atoms with Crippen LogP contribution in [0.4, 0.5) is 30.4 Å². The van der Waals surface area contributed by atoms with Gasteiger partial charge in [-0.05, 0) is 60.9 Å². The van der Waals surface area contributed by atoms with Gasteiger partial charge in [-0.15, -0.1) is 0 Å². The highest BCUT2D eigenvalue weighted by molar-refractivity contribution is 6.10. The average molecular weight is 605 g/mol. The number of pyridine rings is 2. The van der Waals surface area contributed by atoms with E-state index in [0.29, 0.717) is 31.9 Å². The lowest BCUT2D eigenvalue weighted by Crippen LogP contribution is -2.52. The largest absolute Gasteiger partial charge is 0.416 e. The molecule has 5 heterocycles. The fourth-order valence-electron chi connectivity index (χ4n) is 6.55. The molecule has 12 heteroatoms. The number of alkyl halides is 3. The number of hydrogen-bond donors (Lipinski definition) is 0. The van der Waals surface area contributed by atoms with E-state index in [-0.39, 0.29) is 23.8 Å². The van der Waals surface area contributed by atoms with E-state index in [1.54, 1.807) is 18.1 Å². The van der Waals surface area contributed by atoms with E-state index in [2.05, 4.69) is 21.4 Å². The van der Waals surface area contributed by atoms with Gasteiger partial charge in [0.15, 0.2) is 0 Å². The third-order valence-corrected chi connectivity index (χ3v) is 8.55. The normalized spacial score (nSPS) is 19.9. The van der Waals surface area contributed by atoms with Crippen LogP contribution in [0.15, 0.2) is 55.3 Å². The lowest BCUT2D eigenvalue weighted by atomic mass is 9.94. The molecule has 3 amide bonds. The molecule has 0 unspecified atom stereocenters. The molecule has 3 aromatic rings. The quantitative estimate of drug-likeness (QED) is 0.407. The molecule has 3 aliphatic rings. The molecule has 1 aromatic carbocycles. The maximum Gasteiger partial charge on any atom is 0.416 e. The van der Waals surface area contributed by atoms with Crippen molar-refractivity contribution < 1.29 is 27.6 Å². The van der Waals surface area contributed by atoms with Crippen LogP contribution in [0.2, 0.25) is 0 Å². The van der Waals surface area contributed by atoms with Crippen LogP contribution in [0.3, 0.4) is 0 Å². The molecular formula is C32H31F3N6O3. The van der Waals surface area contributed by atoms with Crippen LogP contribution in [0.25, 0.3) is 0 Å². The molecule has 1 fully saturated rings. The minimum Gasteiger partial charge on any atom is -0.365 e. The van der Waals surface area contributed by atoms with Gasteiger partial charge in [0, 0.05) is 50.9 Å². The van der Waals surface area contributed by atoms with E-state index in [9.17, 15) is 27.6 Å². The highest BCUT2D eigenvalue weighted by Gasteiger charge is 2.49. The van der Waals surface area contributed by atoms with Crippen LogP contribution in [0, 0.1) is 19.8 Å². The molecule has 0 saturated carbocycles. The van der Waals surface area contributed by atoms with Crippen molar-refractivity contribution in [2.45, 2.75) is 52.1 Å². The first-order valence-corrected chi connectivity index (χ1v) is 14.2. The number of hydrogen-bond acceptors (Lipinski definition) is 6. The first-order chi connectivity index (χ1) is 20.8. The van der Waals surface area contributed by atoms with Gasteiger partial charge in [0.1, 0.15) is 11.9 Å². The zero-order valence-corrected chi connectivity index (χ0v) is 24.6. The number of fused-ring (bicyclic) bond motifs is 3. The average Bonchev–Trinajstić information content (AvgIpc) is 3.54. The summed E-state index contributed by atoms with van der Waals surface area (Å²) in [6, 6.07) is 8.34. The Morgan fingerprint density at radius 2 is 1.91 bits per heavy atom. The van der Waals surface area contributed by atoms with Gasteiger partial charge in [0.05, 0.1) is 29.2 Å². The predicted molar refractivity (Wildman–Crippen MR) is 158 cm³/mol. The summed E-state index contributed by atoms with van der Waals surface area (Å²) in [7, 11) is 1.62. The van der Waals surface area contributed by atoms with Crippen molar-refractivity contribution in [2.24, 2.45) is 5.92 Å². The summed E-state index contributed by atoms with van der Waals surface area (Å²) in [5.41, 5.74) is 4.18. The summed E-state index contributed by atoms with van der Waals surface area (Å²) >= 11 is 0. The smallest absolute Gasteiger partial charge is 0.365 e. The fourth-order valence-corrected chi connectivity index (χ4v) is 6.55. The third-order valence-electron chi connectivity index (χ3n) is 8.55. The van der Waals surface area contributed by atoms with Crippen molar-refractivity contribution in [3.8, 4) is 0 Å². The van der Waals surface area contributed by atoms with Gasteiger partial charge in [-0.25, -0.2) is 4.98 Å². The number of likely N-dealkylation sites (N-methyl/N-ethyl adjacent to an activating group) is 1. The minimum absolute atomic E-state index is 0.0278. The number of benzene rings is 1. The first-order valence-electron chi connectivity index (χ1n) is 14.2. The number of amides is 3. The Morgan fingerprint density at radius 1 is 1.14 bits per heavy atom. The molecular weight excluding hydrogens is 573 g/mol. The number of carbonyl (C=O) groups excluding carboxylic acids is 3. The summed E-state index contributed by atoms with van der Waals surface area (Å²) in [6.45, 7) is 8.47. The maximum atomic E-state index is 14.1. The van der Waals surface area contributed by atoms with Crippen molar-refractivity contribution in [3.05, 3.63) is 88.9 Å². The molecule has 6 rings (SSSR count). The lowest BCUT2D eigenvalue weighted by Gasteiger charge is -2.39. The molecule has 2 aromatic heterocycles. The van der Waals surface area contributed by atoms with E-state index < -0.39 is 35.5 Å². The van der Waals surface area contributed by atoms with Gasteiger partial charge in [0.25, 0.3) is 0 Å². The van der Waals surface area contributed by atoms with E-state index in [4.69, 9.17) is 0 Å². The van der Waals surface area contributed by atoms with Gasteiger partial charge in [0.2, 0.25) is 17.7 Å². The molecule has 44 heavy (non-hydrogen) atoms. The van der Waals surface area contributed by atoms with Crippen LogP contribution >= 0.6 is 0 Å². The Hall–Kier alpha value is -4.74. The second kappa shape index (κ2) is 10.8. The van der Waals surface area contributed by atoms with Crippen molar-refractivity contribution in [3.63, 3.8) is 0 Å². The molecule has 9 nitrogen and oxygen atoms in total. The molecule has 0 bridgehead atoms.